The van der Waals surface area contributed by atoms with Crippen LogP contribution in [0.4, 0.5) is 0 Å². The highest BCUT2D eigenvalue weighted by atomic mass is 16.5. The summed E-state index contributed by atoms with van der Waals surface area (Å²) in [6.07, 6.45) is -2.53. The number of aryl methyl sites for hydroxylation is 1. The number of aromatic hydroxyl groups is 1. The Balaban J connectivity index is 2.02. The molecule has 1 aromatic carbocycles. The first-order valence-corrected chi connectivity index (χ1v) is 8.61. The first-order chi connectivity index (χ1) is 13.1. The van der Waals surface area contributed by atoms with Crippen LogP contribution in [-0.2, 0) is 11.2 Å². The topological polar surface area (TPSA) is 194 Å². The van der Waals surface area contributed by atoms with E-state index in [0.717, 1.165) is 0 Å². The number of aliphatic hydroxyl groups is 2. The quantitative estimate of drug-likeness (QED) is 0.176. The van der Waals surface area contributed by atoms with Crippen molar-refractivity contribution >= 4 is 19.0 Å². The minimum absolute atomic E-state index is 0.0599. The maximum absolute atomic E-state index is 12.0. The molecule has 1 aliphatic rings. The monoisotopic (exact) mass is 398 g/mol. The molecule has 0 spiro atoms. The van der Waals surface area contributed by atoms with Crippen LogP contribution in [0.25, 0.3) is 0 Å². The van der Waals surface area contributed by atoms with E-state index in [1.54, 1.807) is 0 Å². The minimum atomic E-state index is -1.70. The van der Waals surface area contributed by atoms with E-state index in [2.05, 4.69) is 0 Å². The number of carboxylic acids is 1. The molecule has 1 amide bonds. The van der Waals surface area contributed by atoms with Crippen molar-refractivity contribution < 1.29 is 44.8 Å². The molecule has 12 heteroatoms. The van der Waals surface area contributed by atoms with E-state index in [-0.39, 0.29) is 43.6 Å². The van der Waals surface area contributed by atoms with Gasteiger partial charge in [-0.05, 0) is 24.4 Å². The van der Waals surface area contributed by atoms with Crippen LogP contribution in [0, 0.1) is 0 Å². The molecule has 0 unspecified atom stereocenters. The average Bonchev–Trinajstić information content (AvgIpc) is 2.55. The molecule has 0 saturated carbocycles. The first kappa shape index (κ1) is 21.9. The summed E-state index contributed by atoms with van der Waals surface area (Å²) in [5.41, 5.74) is 5.36. The number of amides is 1. The number of hydrogen-bond donors (Lipinski definition) is 7. The predicted octanol–water partition coefficient (Wildman–Crippen LogP) is -2.28. The van der Waals surface area contributed by atoms with Crippen molar-refractivity contribution in [3.8, 4) is 11.5 Å². The molecule has 28 heavy (non-hydrogen) atoms. The van der Waals surface area contributed by atoms with Crippen molar-refractivity contribution in [2.24, 2.45) is 5.73 Å². The van der Waals surface area contributed by atoms with Crippen molar-refractivity contribution in [3.05, 3.63) is 23.3 Å². The van der Waals surface area contributed by atoms with Gasteiger partial charge in [0.05, 0.1) is 19.1 Å². The fraction of sp³-hybridized carbons (Fsp3) is 0.500. The third-order valence-corrected chi connectivity index (χ3v) is 4.34. The average molecular weight is 398 g/mol. The number of carbonyl (C=O) groups excluding carboxylic acids is 1. The molecule has 0 aromatic heterocycles. The van der Waals surface area contributed by atoms with Crippen LogP contribution < -0.4 is 10.5 Å². The van der Waals surface area contributed by atoms with E-state index in [4.69, 9.17) is 30.7 Å². The highest BCUT2D eigenvalue weighted by Gasteiger charge is 2.36. The summed E-state index contributed by atoms with van der Waals surface area (Å²) < 4.78 is 5.57. The fourth-order valence-electron chi connectivity index (χ4n) is 2.84. The highest BCUT2D eigenvalue weighted by molar-refractivity contribution is 6.41. The number of nitrogens with two attached hydrogens (primary N) is 1. The van der Waals surface area contributed by atoms with Gasteiger partial charge in [-0.2, -0.15) is 0 Å². The molecular formula is C16H23BN2O9. The second kappa shape index (κ2) is 9.21. The summed E-state index contributed by atoms with van der Waals surface area (Å²) in [6, 6.07) is 1.72. The van der Waals surface area contributed by atoms with E-state index in [9.17, 15) is 19.8 Å². The molecule has 0 radical (unpaired) electrons. The second-order valence-electron chi connectivity index (χ2n) is 6.58. The van der Waals surface area contributed by atoms with Crippen LogP contribution >= 0.6 is 0 Å². The number of carbonyl (C=O) groups is 2. The maximum Gasteiger partial charge on any atom is 0.451 e. The van der Waals surface area contributed by atoms with Gasteiger partial charge in [-0.3, -0.25) is 4.79 Å². The summed E-state index contributed by atoms with van der Waals surface area (Å²) in [5.74, 6) is -2.49. The Labute approximate surface area is 160 Å². The molecular weight excluding hydrogens is 375 g/mol. The molecule has 1 fully saturated rings. The van der Waals surface area contributed by atoms with Gasteiger partial charge in [-0.25, -0.2) is 4.79 Å². The predicted molar refractivity (Wildman–Crippen MR) is 95.6 cm³/mol. The Morgan fingerprint density at radius 3 is 2.46 bits per heavy atom. The van der Waals surface area contributed by atoms with Gasteiger partial charge in [0.15, 0.2) is 6.29 Å². The smallest absolute Gasteiger partial charge is 0.451 e. The van der Waals surface area contributed by atoms with Gasteiger partial charge in [-0.15, -0.1) is 0 Å². The van der Waals surface area contributed by atoms with Crippen molar-refractivity contribution in [3.63, 3.8) is 0 Å². The van der Waals surface area contributed by atoms with Gasteiger partial charge in [0, 0.05) is 6.42 Å². The van der Waals surface area contributed by atoms with Crippen LogP contribution in [-0.4, -0.2) is 85.9 Å². The highest BCUT2D eigenvalue weighted by Crippen LogP contribution is 2.34. The number of aromatic carboxylic acids is 1. The summed E-state index contributed by atoms with van der Waals surface area (Å²) in [7, 11) is -1.58. The van der Waals surface area contributed by atoms with Gasteiger partial charge >= 0.3 is 13.1 Å². The molecule has 0 aliphatic carbocycles. The van der Waals surface area contributed by atoms with Gasteiger partial charge in [0.2, 0.25) is 5.91 Å². The Bertz CT molecular complexity index is 722. The van der Waals surface area contributed by atoms with Crippen LogP contribution in [0.15, 0.2) is 12.1 Å². The van der Waals surface area contributed by atoms with Crippen molar-refractivity contribution in [1.82, 2.24) is 4.90 Å². The van der Waals surface area contributed by atoms with E-state index in [1.807, 2.05) is 0 Å². The minimum Gasteiger partial charge on any atom is -0.507 e. The van der Waals surface area contributed by atoms with Gasteiger partial charge in [-0.1, -0.05) is 6.07 Å². The third kappa shape index (κ3) is 5.33. The number of hydrogen-bond acceptors (Lipinski definition) is 9. The lowest BCUT2D eigenvalue weighted by molar-refractivity contribution is -0.144. The molecule has 1 saturated heterocycles. The standard InChI is InChI=1S/C16H23BN2O9/c18-10(5-12(20)21)15(23)19-6-9(7-19)28-11-2-1-8(3-4-17(26)27)14(22)13(11)16(24)25/h1-2,9-10,12,20-22,26-27H,3-7,18H2,(H,24,25)/t10-/m1/s1. The van der Waals surface area contributed by atoms with E-state index in [1.165, 1.54) is 17.0 Å². The van der Waals surface area contributed by atoms with Crippen LogP contribution in [0.1, 0.15) is 22.3 Å². The van der Waals surface area contributed by atoms with Gasteiger partial charge < -0.3 is 45.8 Å². The zero-order chi connectivity index (χ0) is 21.0. The summed E-state index contributed by atoms with van der Waals surface area (Å²) in [4.78, 5) is 24.9. The van der Waals surface area contributed by atoms with Gasteiger partial charge in [0.25, 0.3) is 0 Å². The number of nitrogens with zero attached hydrogens (tertiary/aromatic N) is 1. The van der Waals surface area contributed by atoms with E-state index >= 15 is 0 Å². The molecule has 1 aromatic rings. The number of likely N-dealkylation sites (tertiary alicyclic amines) is 1. The van der Waals surface area contributed by atoms with Crippen molar-refractivity contribution in [1.29, 1.82) is 0 Å². The molecule has 0 bridgehead atoms. The maximum atomic E-state index is 12.0. The van der Waals surface area contributed by atoms with Crippen LogP contribution in [0.5, 0.6) is 11.5 Å². The summed E-state index contributed by atoms with van der Waals surface area (Å²) in [6.45, 7) is 0.263. The Hall–Kier alpha value is -2.38. The number of rotatable bonds is 9. The molecule has 154 valence electrons. The zero-order valence-corrected chi connectivity index (χ0v) is 14.9. The van der Waals surface area contributed by atoms with E-state index in [0.29, 0.717) is 0 Å². The Morgan fingerprint density at radius 2 is 1.93 bits per heavy atom. The zero-order valence-electron chi connectivity index (χ0n) is 14.9. The molecule has 2 rings (SSSR count). The number of benzene rings is 1. The lowest BCUT2D eigenvalue weighted by Crippen LogP contribution is -2.60. The normalized spacial score (nSPS) is 15.3. The largest absolute Gasteiger partial charge is 0.507 e. The van der Waals surface area contributed by atoms with Gasteiger partial charge in [0.1, 0.15) is 23.2 Å². The molecule has 11 nitrogen and oxygen atoms in total. The molecule has 8 N–H and O–H groups in total. The second-order valence-corrected chi connectivity index (χ2v) is 6.58. The number of aliphatic hydroxyl groups excluding tert-OH is 1. The number of carboxylic acid groups (broad SMARTS) is 1. The first-order valence-electron chi connectivity index (χ1n) is 8.61. The molecule has 1 atom stereocenters. The fourth-order valence-corrected chi connectivity index (χ4v) is 2.84. The Kier molecular flexibility index (Phi) is 7.21. The van der Waals surface area contributed by atoms with Crippen molar-refractivity contribution in [2.75, 3.05) is 13.1 Å². The Morgan fingerprint density at radius 1 is 1.29 bits per heavy atom. The summed E-state index contributed by atoms with van der Waals surface area (Å²) in [5, 5.41) is 55.1. The summed E-state index contributed by atoms with van der Waals surface area (Å²) >= 11 is 0. The van der Waals surface area contributed by atoms with Crippen LogP contribution in [0.3, 0.4) is 0 Å². The number of phenols is 1. The molecule has 1 heterocycles. The van der Waals surface area contributed by atoms with Crippen molar-refractivity contribution in [2.45, 2.75) is 37.6 Å². The number of ether oxygens (including phenoxy) is 1. The van der Waals surface area contributed by atoms with E-state index < -0.39 is 48.7 Å². The lowest BCUT2D eigenvalue weighted by Gasteiger charge is -2.40. The van der Waals surface area contributed by atoms with Crippen LogP contribution in [0.2, 0.25) is 6.32 Å². The third-order valence-electron chi connectivity index (χ3n) is 4.34. The lowest BCUT2D eigenvalue weighted by atomic mass is 9.82. The molecule has 1 aliphatic heterocycles. The SMILES string of the molecule is N[C@H](CC(O)O)C(=O)N1CC(Oc2ccc(CCB(O)O)c(O)c2C(=O)O)C1.